The molecule has 0 fully saturated rings. The molecule has 0 aliphatic rings. The number of carbonyl (C=O) groups excluding carboxylic acids is 1. The largest absolute Gasteiger partial charge is 0.490 e. The van der Waals surface area contributed by atoms with E-state index >= 15 is 0 Å². The van der Waals surface area contributed by atoms with Crippen LogP contribution in [0, 0.1) is 18.3 Å². The van der Waals surface area contributed by atoms with Gasteiger partial charge in [0.25, 0.3) is 5.91 Å². The molecule has 1 amide bonds. The van der Waals surface area contributed by atoms with Crippen molar-refractivity contribution in [1.29, 1.82) is 5.26 Å². The number of nitrogens with zero attached hydrogens (tertiary/aromatic N) is 3. The maximum Gasteiger partial charge on any atom is 0.251 e. The van der Waals surface area contributed by atoms with Crippen LogP contribution in [0.5, 0.6) is 5.75 Å². The molecular formula is C28H30N4O3S. The Morgan fingerprint density at radius 1 is 1.22 bits per heavy atom. The van der Waals surface area contributed by atoms with Crippen molar-refractivity contribution in [2.45, 2.75) is 58.8 Å². The van der Waals surface area contributed by atoms with Gasteiger partial charge in [-0.25, -0.2) is 4.98 Å². The van der Waals surface area contributed by atoms with Crippen molar-refractivity contribution in [2.24, 2.45) is 0 Å². The van der Waals surface area contributed by atoms with Crippen LogP contribution in [0.15, 0.2) is 54.0 Å². The number of fused-ring (bicyclic) bond motifs is 1. The smallest absolute Gasteiger partial charge is 0.251 e. The molecule has 2 aromatic heterocycles. The van der Waals surface area contributed by atoms with E-state index in [9.17, 15) is 15.2 Å². The highest BCUT2D eigenvalue weighted by Crippen LogP contribution is 2.25. The monoisotopic (exact) mass is 502 g/mol. The fourth-order valence-corrected chi connectivity index (χ4v) is 4.97. The van der Waals surface area contributed by atoms with Gasteiger partial charge in [0.2, 0.25) is 0 Å². The Hall–Kier alpha value is -3.67. The number of hydrogen-bond acceptors (Lipinski definition) is 6. The second kappa shape index (κ2) is 10.9. The highest BCUT2D eigenvalue weighted by atomic mass is 32.1. The Morgan fingerprint density at radius 2 is 1.97 bits per heavy atom. The van der Waals surface area contributed by atoms with Crippen molar-refractivity contribution in [1.82, 2.24) is 14.7 Å². The molecule has 0 saturated carbocycles. The van der Waals surface area contributed by atoms with Gasteiger partial charge in [-0.3, -0.25) is 9.20 Å². The summed E-state index contributed by atoms with van der Waals surface area (Å²) in [5, 5.41) is 24.6. The average molecular weight is 503 g/mol. The summed E-state index contributed by atoms with van der Waals surface area (Å²) in [5.74, 6) is 0.163. The van der Waals surface area contributed by atoms with E-state index in [-0.39, 0.29) is 18.1 Å². The lowest BCUT2D eigenvalue weighted by Crippen LogP contribution is -2.38. The zero-order valence-corrected chi connectivity index (χ0v) is 21.7. The minimum atomic E-state index is -0.576. The van der Waals surface area contributed by atoms with E-state index < -0.39 is 6.10 Å². The highest BCUT2D eigenvalue weighted by molar-refractivity contribution is 7.15. The summed E-state index contributed by atoms with van der Waals surface area (Å²) in [6.07, 6.45) is 2.36. The molecule has 0 spiro atoms. The van der Waals surface area contributed by atoms with E-state index in [2.05, 4.69) is 28.1 Å². The molecule has 4 rings (SSSR count). The number of imidazole rings is 1. The minimum absolute atomic E-state index is 0.0760. The predicted molar refractivity (Wildman–Crippen MR) is 141 cm³/mol. The summed E-state index contributed by atoms with van der Waals surface area (Å²) in [6, 6.07) is 14.8. The van der Waals surface area contributed by atoms with Crippen molar-refractivity contribution in [3.63, 3.8) is 0 Å². The molecule has 4 aromatic rings. The van der Waals surface area contributed by atoms with E-state index in [1.54, 1.807) is 36.5 Å². The molecule has 2 aromatic carbocycles. The Kier molecular flexibility index (Phi) is 7.73. The van der Waals surface area contributed by atoms with Crippen LogP contribution in [-0.4, -0.2) is 38.6 Å². The van der Waals surface area contributed by atoms with Gasteiger partial charge in [-0.1, -0.05) is 24.3 Å². The Bertz CT molecular complexity index is 1400. The van der Waals surface area contributed by atoms with Crippen molar-refractivity contribution in [2.75, 3.05) is 0 Å². The summed E-state index contributed by atoms with van der Waals surface area (Å²) >= 11 is 1.62. The van der Waals surface area contributed by atoms with Crippen molar-refractivity contribution in [3.8, 4) is 23.1 Å². The summed E-state index contributed by atoms with van der Waals surface area (Å²) in [6.45, 7) is 7.53. The van der Waals surface area contributed by atoms with Gasteiger partial charge in [-0.15, -0.1) is 11.3 Å². The van der Waals surface area contributed by atoms with E-state index in [1.807, 2.05) is 44.3 Å². The van der Waals surface area contributed by atoms with Crippen LogP contribution < -0.4 is 10.1 Å². The number of aryl methyl sites for hydroxylation is 1. The van der Waals surface area contributed by atoms with Crippen molar-refractivity contribution < 1.29 is 14.6 Å². The van der Waals surface area contributed by atoms with Gasteiger partial charge in [0, 0.05) is 34.4 Å². The summed E-state index contributed by atoms with van der Waals surface area (Å²) in [5.41, 5.74) is 4.84. The minimum Gasteiger partial charge on any atom is -0.490 e. The topological polar surface area (TPSA) is 99.7 Å². The normalized spacial score (nSPS) is 12.9. The number of benzene rings is 2. The van der Waals surface area contributed by atoms with Crippen LogP contribution in [0.25, 0.3) is 16.2 Å². The first-order valence-corrected chi connectivity index (χ1v) is 12.8. The molecule has 186 valence electrons. The van der Waals surface area contributed by atoms with Crippen molar-refractivity contribution in [3.05, 3.63) is 76.4 Å². The number of carbonyl (C=O) groups is 1. The van der Waals surface area contributed by atoms with Crippen LogP contribution in [0.3, 0.4) is 0 Å². The van der Waals surface area contributed by atoms with E-state index in [1.165, 1.54) is 0 Å². The molecule has 0 aliphatic heterocycles. The summed E-state index contributed by atoms with van der Waals surface area (Å²) < 4.78 is 7.74. The van der Waals surface area contributed by atoms with Gasteiger partial charge in [0.05, 0.1) is 23.5 Å². The van der Waals surface area contributed by atoms with Crippen LogP contribution in [0.2, 0.25) is 0 Å². The molecule has 0 aliphatic carbocycles. The van der Waals surface area contributed by atoms with Gasteiger partial charge < -0.3 is 15.2 Å². The third-order valence-electron chi connectivity index (χ3n) is 5.81. The number of nitrogens with one attached hydrogen (secondary N) is 1. The molecule has 2 atom stereocenters. The highest BCUT2D eigenvalue weighted by Gasteiger charge is 2.18. The Morgan fingerprint density at radius 3 is 2.61 bits per heavy atom. The summed E-state index contributed by atoms with van der Waals surface area (Å²) in [4.78, 5) is 18.7. The maximum absolute atomic E-state index is 13.0. The van der Waals surface area contributed by atoms with E-state index in [0.29, 0.717) is 29.7 Å². The van der Waals surface area contributed by atoms with Crippen LogP contribution in [-0.2, 0) is 6.42 Å². The van der Waals surface area contributed by atoms with Gasteiger partial charge in [-0.2, -0.15) is 5.26 Å². The molecule has 0 saturated heterocycles. The lowest BCUT2D eigenvalue weighted by Gasteiger charge is -2.21. The molecule has 1 unspecified atom stereocenters. The zero-order valence-electron chi connectivity index (χ0n) is 20.9. The van der Waals surface area contributed by atoms with Gasteiger partial charge in [0.1, 0.15) is 11.8 Å². The van der Waals surface area contributed by atoms with E-state index in [4.69, 9.17) is 9.72 Å². The average Bonchev–Trinajstić information content (AvgIpc) is 3.41. The predicted octanol–water partition coefficient (Wildman–Crippen LogP) is 5.14. The number of aliphatic hydroxyl groups is 1. The first-order valence-electron chi connectivity index (χ1n) is 12.0. The molecule has 0 bridgehead atoms. The quantitative estimate of drug-likeness (QED) is 0.330. The van der Waals surface area contributed by atoms with E-state index in [0.717, 1.165) is 27.5 Å². The van der Waals surface area contributed by atoms with Crippen LogP contribution in [0.1, 0.15) is 54.4 Å². The van der Waals surface area contributed by atoms with Gasteiger partial charge in [0.15, 0.2) is 4.96 Å². The third-order valence-corrected chi connectivity index (χ3v) is 6.76. The molecule has 8 heteroatoms. The number of nitriles is 1. The standard InChI is InChI=1S/C28H30N4O3S/c1-17(2)35-26-10-9-22(13-23(26)14-29)27(34)30-24(11-19(4)33)12-20-5-7-21(8-6-20)25-15-32-18(3)16-36-28(32)31-25/h5-10,13,15-17,19,24,33H,11-12H2,1-4H3,(H,30,34)/t19?,24-/m1/s1. The SMILES string of the molecule is Cc1csc2nc(-c3ccc(C[C@@H](CC(C)O)NC(=O)c4ccc(OC(C)C)c(C#N)c4)cc3)cn12. The first kappa shape index (κ1) is 25.4. The fraction of sp³-hybridized carbons (Fsp3) is 0.321. The van der Waals surface area contributed by atoms with Gasteiger partial charge >= 0.3 is 0 Å². The summed E-state index contributed by atoms with van der Waals surface area (Å²) in [7, 11) is 0. The molecular weight excluding hydrogens is 472 g/mol. The molecule has 2 heterocycles. The maximum atomic E-state index is 13.0. The number of aliphatic hydroxyl groups excluding tert-OH is 1. The lowest BCUT2D eigenvalue weighted by molar-refractivity contribution is 0.0917. The fourth-order valence-electron chi connectivity index (χ4n) is 4.12. The second-order valence-corrected chi connectivity index (χ2v) is 10.1. The molecule has 7 nitrogen and oxygen atoms in total. The number of thiazole rings is 1. The number of ether oxygens (including phenoxy) is 1. The number of amides is 1. The van der Waals surface area contributed by atoms with Crippen LogP contribution >= 0.6 is 11.3 Å². The Labute approximate surface area is 215 Å². The number of aromatic nitrogens is 2. The molecule has 36 heavy (non-hydrogen) atoms. The van der Waals surface area contributed by atoms with Gasteiger partial charge in [-0.05, 0) is 64.3 Å². The second-order valence-electron chi connectivity index (χ2n) is 9.30. The zero-order chi connectivity index (χ0) is 25.8. The van der Waals surface area contributed by atoms with Crippen molar-refractivity contribution >= 4 is 22.2 Å². The molecule has 0 radical (unpaired) electrons. The number of hydrogen-bond donors (Lipinski definition) is 2. The Balaban J connectivity index is 1.47. The number of rotatable bonds is 9. The first-order chi connectivity index (χ1) is 17.2. The van der Waals surface area contributed by atoms with Crippen LogP contribution in [0.4, 0.5) is 0 Å². The molecule has 2 N–H and O–H groups in total. The lowest BCUT2D eigenvalue weighted by atomic mass is 9.99. The third kappa shape index (κ3) is 5.93.